The second kappa shape index (κ2) is 10.8. The first kappa shape index (κ1) is 25.1. The molecule has 0 aliphatic heterocycles. The SMILES string of the molecule is CCOc1cc(C=Nn2c(-c3ccco3)nc3ccccc3c2=O)ccc1OC(=O)c1ccc([N+](=O)[O-])cc1. The van der Waals surface area contributed by atoms with Crippen LogP contribution in [0.5, 0.6) is 11.5 Å². The van der Waals surface area contributed by atoms with E-state index in [1.54, 1.807) is 55.5 Å². The zero-order chi connectivity index (χ0) is 27.4. The van der Waals surface area contributed by atoms with E-state index < -0.39 is 10.9 Å². The zero-order valence-corrected chi connectivity index (χ0v) is 20.5. The van der Waals surface area contributed by atoms with Crippen LogP contribution in [-0.4, -0.2) is 33.4 Å². The minimum Gasteiger partial charge on any atom is -0.490 e. The number of nitrogens with zero attached hydrogens (tertiary/aromatic N) is 4. The van der Waals surface area contributed by atoms with Crippen LogP contribution in [0.1, 0.15) is 22.8 Å². The van der Waals surface area contributed by atoms with Crippen molar-refractivity contribution in [2.75, 3.05) is 6.61 Å². The topological polar surface area (TPSA) is 139 Å². The van der Waals surface area contributed by atoms with E-state index in [1.165, 1.54) is 42.8 Å². The van der Waals surface area contributed by atoms with Gasteiger partial charge in [-0.2, -0.15) is 9.78 Å². The van der Waals surface area contributed by atoms with Crippen LogP contribution >= 0.6 is 0 Å². The number of non-ortho nitro benzene ring substituents is 1. The van der Waals surface area contributed by atoms with Gasteiger partial charge in [0.05, 0.1) is 40.5 Å². The molecule has 0 radical (unpaired) electrons. The zero-order valence-electron chi connectivity index (χ0n) is 20.5. The number of rotatable bonds is 8. The number of nitro benzene ring substituents is 1. The molecule has 5 rings (SSSR count). The lowest BCUT2D eigenvalue weighted by molar-refractivity contribution is -0.384. The molecule has 2 heterocycles. The molecule has 194 valence electrons. The van der Waals surface area contributed by atoms with E-state index >= 15 is 0 Å². The van der Waals surface area contributed by atoms with E-state index in [2.05, 4.69) is 10.1 Å². The second-order valence-electron chi connectivity index (χ2n) is 8.12. The Morgan fingerprint density at radius 2 is 1.87 bits per heavy atom. The molecule has 3 aromatic carbocycles. The molecule has 39 heavy (non-hydrogen) atoms. The fourth-order valence-corrected chi connectivity index (χ4v) is 3.76. The lowest BCUT2D eigenvalue weighted by Gasteiger charge is -2.11. The number of carbonyl (C=O) groups excluding carboxylic acids is 1. The van der Waals surface area contributed by atoms with Gasteiger partial charge in [0, 0.05) is 12.1 Å². The molecule has 0 bridgehead atoms. The molecule has 2 aromatic heterocycles. The van der Waals surface area contributed by atoms with E-state index in [0.717, 1.165) is 4.68 Å². The molecule has 0 N–H and O–H groups in total. The number of esters is 1. The van der Waals surface area contributed by atoms with Crippen LogP contribution < -0.4 is 15.0 Å². The Hall–Kier alpha value is -5.58. The van der Waals surface area contributed by atoms with Gasteiger partial charge in [-0.3, -0.25) is 14.9 Å². The number of ether oxygens (including phenoxy) is 2. The van der Waals surface area contributed by atoms with Crippen LogP contribution in [-0.2, 0) is 0 Å². The number of hydrogen-bond acceptors (Lipinski definition) is 9. The molecule has 0 saturated heterocycles. The largest absolute Gasteiger partial charge is 0.490 e. The Kier molecular flexibility index (Phi) is 6.95. The second-order valence-corrected chi connectivity index (χ2v) is 8.12. The van der Waals surface area contributed by atoms with Crippen LogP contribution in [0.25, 0.3) is 22.5 Å². The predicted molar refractivity (Wildman–Crippen MR) is 142 cm³/mol. The van der Waals surface area contributed by atoms with Gasteiger partial charge in [-0.05, 0) is 67.1 Å². The standard InChI is InChI=1S/C28H20N4O7/c1-2-37-25-16-18(9-14-23(25)39-28(34)19-10-12-20(13-11-19)32(35)36)17-29-31-26(24-8-5-15-38-24)30-22-7-4-3-6-21(22)27(31)33/h3-17H,2H2,1H3. The van der Waals surface area contributed by atoms with E-state index in [4.69, 9.17) is 13.9 Å². The monoisotopic (exact) mass is 524 g/mol. The molecule has 0 saturated carbocycles. The Bertz CT molecular complexity index is 1760. The third-order valence-electron chi connectivity index (χ3n) is 5.60. The van der Waals surface area contributed by atoms with Crippen LogP contribution in [0.4, 0.5) is 5.69 Å². The molecule has 0 aliphatic rings. The van der Waals surface area contributed by atoms with Crippen molar-refractivity contribution in [2.45, 2.75) is 6.92 Å². The van der Waals surface area contributed by atoms with Crippen molar-refractivity contribution in [3.05, 3.63) is 117 Å². The van der Waals surface area contributed by atoms with Crippen molar-refractivity contribution < 1.29 is 23.6 Å². The highest BCUT2D eigenvalue weighted by Gasteiger charge is 2.16. The summed E-state index contributed by atoms with van der Waals surface area (Å²) in [4.78, 5) is 40.7. The van der Waals surface area contributed by atoms with E-state index in [1.807, 2.05) is 0 Å². The third kappa shape index (κ3) is 5.27. The number of carbonyl (C=O) groups is 1. The lowest BCUT2D eigenvalue weighted by Crippen LogP contribution is -2.20. The van der Waals surface area contributed by atoms with Gasteiger partial charge < -0.3 is 13.9 Å². The van der Waals surface area contributed by atoms with Crippen molar-refractivity contribution in [1.82, 2.24) is 9.66 Å². The Morgan fingerprint density at radius 1 is 1.08 bits per heavy atom. The van der Waals surface area contributed by atoms with Gasteiger partial charge in [0.15, 0.2) is 17.3 Å². The minimum atomic E-state index is -0.704. The van der Waals surface area contributed by atoms with Crippen molar-refractivity contribution in [2.24, 2.45) is 5.10 Å². The molecule has 5 aromatic rings. The number of hydrogen-bond donors (Lipinski definition) is 0. The summed E-state index contributed by atoms with van der Waals surface area (Å²) in [5.74, 6) is 0.325. The average molecular weight is 524 g/mol. The Balaban J connectivity index is 1.46. The molecule has 0 aliphatic carbocycles. The fraction of sp³-hybridized carbons (Fsp3) is 0.0714. The highest BCUT2D eigenvalue weighted by atomic mass is 16.6. The van der Waals surface area contributed by atoms with Crippen LogP contribution in [0.3, 0.4) is 0 Å². The van der Waals surface area contributed by atoms with Gasteiger partial charge in [0.2, 0.25) is 5.82 Å². The number of aromatic nitrogens is 2. The summed E-state index contributed by atoms with van der Waals surface area (Å²) in [7, 11) is 0. The van der Waals surface area contributed by atoms with Gasteiger partial charge in [0.25, 0.3) is 11.2 Å². The summed E-state index contributed by atoms with van der Waals surface area (Å²) in [5, 5.41) is 15.6. The van der Waals surface area contributed by atoms with Gasteiger partial charge in [-0.1, -0.05) is 12.1 Å². The highest BCUT2D eigenvalue weighted by Crippen LogP contribution is 2.29. The summed E-state index contributed by atoms with van der Waals surface area (Å²) >= 11 is 0. The summed E-state index contributed by atoms with van der Waals surface area (Å²) < 4.78 is 17.8. The van der Waals surface area contributed by atoms with Gasteiger partial charge >= 0.3 is 5.97 Å². The lowest BCUT2D eigenvalue weighted by atomic mass is 10.2. The average Bonchev–Trinajstić information content (AvgIpc) is 3.49. The number of para-hydroxylation sites is 1. The van der Waals surface area contributed by atoms with Crippen LogP contribution in [0.2, 0.25) is 0 Å². The molecule has 0 atom stereocenters. The van der Waals surface area contributed by atoms with Crippen molar-refractivity contribution in [1.29, 1.82) is 0 Å². The van der Waals surface area contributed by atoms with Crippen LogP contribution in [0, 0.1) is 10.1 Å². The first-order chi connectivity index (χ1) is 18.9. The minimum absolute atomic E-state index is 0.138. The predicted octanol–water partition coefficient (Wildman–Crippen LogP) is 5.06. The number of furan rings is 1. The maximum Gasteiger partial charge on any atom is 0.343 e. The van der Waals surface area contributed by atoms with Crippen LogP contribution in [0.15, 0.2) is 99.4 Å². The molecular formula is C28H20N4O7. The van der Waals surface area contributed by atoms with Crippen molar-refractivity contribution in [3.63, 3.8) is 0 Å². The van der Waals surface area contributed by atoms with Gasteiger partial charge in [-0.15, -0.1) is 0 Å². The number of nitro groups is 1. The Morgan fingerprint density at radius 3 is 2.59 bits per heavy atom. The first-order valence-corrected chi connectivity index (χ1v) is 11.8. The molecular weight excluding hydrogens is 504 g/mol. The summed E-state index contributed by atoms with van der Waals surface area (Å²) in [5.41, 5.74) is 0.697. The molecule has 0 amide bonds. The fourth-order valence-electron chi connectivity index (χ4n) is 3.76. The van der Waals surface area contributed by atoms with Crippen molar-refractivity contribution in [3.8, 4) is 23.1 Å². The maximum atomic E-state index is 13.3. The van der Waals surface area contributed by atoms with E-state index in [-0.39, 0.29) is 34.1 Å². The highest BCUT2D eigenvalue weighted by molar-refractivity contribution is 5.92. The van der Waals surface area contributed by atoms with Crippen molar-refractivity contribution >= 4 is 28.8 Å². The van der Waals surface area contributed by atoms with Gasteiger partial charge in [-0.25, -0.2) is 9.78 Å². The number of fused-ring (bicyclic) bond motifs is 1. The summed E-state index contributed by atoms with van der Waals surface area (Å²) in [6.07, 6.45) is 2.94. The molecule has 0 unspecified atom stereocenters. The van der Waals surface area contributed by atoms with E-state index in [9.17, 15) is 19.7 Å². The maximum absolute atomic E-state index is 13.3. The van der Waals surface area contributed by atoms with E-state index in [0.29, 0.717) is 28.8 Å². The molecule has 11 nitrogen and oxygen atoms in total. The molecule has 0 spiro atoms. The Labute approximate surface area is 220 Å². The quantitative estimate of drug-likeness (QED) is 0.0902. The summed E-state index contributed by atoms with van der Waals surface area (Å²) in [6, 6.07) is 20.2. The molecule has 0 fully saturated rings. The third-order valence-corrected chi connectivity index (χ3v) is 5.60. The normalized spacial score (nSPS) is 11.1. The molecule has 11 heteroatoms. The smallest absolute Gasteiger partial charge is 0.343 e. The first-order valence-electron chi connectivity index (χ1n) is 11.8. The van der Waals surface area contributed by atoms with Gasteiger partial charge in [0.1, 0.15) is 0 Å². The summed E-state index contributed by atoms with van der Waals surface area (Å²) in [6.45, 7) is 2.07. The number of benzene rings is 3.